The van der Waals surface area contributed by atoms with Gasteiger partial charge in [-0.15, -0.1) is 0 Å². The summed E-state index contributed by atoms with van der Waals surface area (Å²) in [5, 5.41) is 2.81. The van der Waals surface area contributed by atoms with Gasteiger partial charge in [0.25, 0.3) is 0 Å². The van der Waals surface area contributed by atoms with Crippen LogP contribution in [-0.2, 0) is 14.8 Å². The summed E-state index contributed by atoms with van der Waals surface area (Å²) in [6.07, 6.45) is 1.17. The van der Waals surface area contributed by atoms with E-state index in [1.807, 2.05) is 30.3 Å². The Kier molecular flexibility index (Phi) is 5.70. The van der Waals surface area contributed by atoms with Crippen molar-refractivity contribution in [2.24, 2.45) is 5.73 Å². The molecule has 1 amide bonds. The van der Waals surface area contributed by atoms with Crippen LogP contribution >= 0.6 is 0 Å². The first kappa shape index (κ1) is 18.6. The number of rotatable bonds is 6. The number of benzene rings is 2. The van der Waals surface area contributed by atoms with Gasteiger partial charge in [0.2, 0.25) is 15.9 Å². The second-order valence-corrected chi connectivity index (χ2v) is 8.24. The van der Waals surface area contributed by atoms with Crippen molar-refractivity contribution in [3.8, 4) is 0 Å². The Morgan fingerprint density at radius 2 is 1.73 bits per heavy atom. The van der Waals surface area contributed by atoms with Crippen LogP contribution in [0.15, 0.2) is 65.6 Å². The molecule has 6 nitrogen and oxygen atoms in total. The molecule has 1 saturated heterocycles. The van der Waals surface area contributed by atoms with Crippen LogP contribution < -0.4 is 11.1 Å². The summed E-state index contributed by atoms with van der Waals surface area (Å²) >= 11 is 0. The van der Waals surface area contributed by atoms with Gasteiger partial charge in [-0.2, -0.15) is 4.31 Å². The van der Waals surface area contributed by atoms with Gasteiger partial charge in [-0.05, 0) is 30.5 Å². The number of carbonyl (C=O) groups is 1. The van der Waals surface area contributed by atoms with Crippen molar-refractivity contribution >= 4 is 15.9 Å². The molecule has 1 aliphatic rings. The first-order valence-corrected chi connectivity index (χ1v) is 10.1. The largest absolute Gasteiger partial charge is 0.353 e. The lowest BCUT2D eigenvalue weighted by Crippen LogP contribution is -2.47. The van der Waals surface area contributed by atoms with Crippen LogP contribution in [-0.4, -0.2) is 37.8 Å². The first-order valence-electron chi connectivity index (χ1n) is 8.65. The smallest absolute Gasteiger partial charge is 0.243 e. The van der Waals surface area contributed by atoms with Crippen LogP contribution in [0.3, 0.4) is 0 Å². The third-order valence-corrected chi connectivity index (χ3v) is 6.50. The fourth-order valence-electron chi connectivity index (χ4n) is 3.16. The Bertz CT molecular complexity index is 841. The zero-order valence-electron chi connectivity index (χ0n) is 14.4. The van der Waals surface area contributed by atoms with Gasteiger partial charge in [0, 0.05) is 19.1 Å². The lowest BCUT2D eigenvalue weighted by Gasteiger charge is -2.24. The molecule has 1 heterocycles. The van der Waals surface area contributed by atoms with E-state index < -0.39 is 16.1 Å². The van der Waals surface area contributed by atoms with Crippen LogP contribution in [0.2, 0.25) is 0 Å². The average Bonchev–Trinajstić information content (AvgIpc) is 3.18. The SMILES string of the molecule is NC(CNC(=O)C1CCCN1S(=O)(=O)c1ccccc1)c1ccccc1. The van der Waals surface area contributed by atoms with E-state index in [-0.39, 0.29) is 23.4 Å². The standard InChI is InChI=1S/C19H23N3O3S/c20-17(15-8-3-1-4-9-15)14-21-19(23)18-12-7-13-22(18)26(24,25)16-10-5-2-6-11-16/h1-6,8-11,17-18H,7,12-14,20H2,(H,21,23). The predicted molar refractivity (Wildman–Crippen MR) is 99.7 cm³/mol. The third kappa shape index (κ3) is 3.95. The van der Waals surface area contributed by atoms with E-state index in [4.69, 9.17) is 5.73 Å². The lowest BCUT2D eigenvalue weighted by molar-refractivity contribution is -0.124. The maximum Gasteiger partial charge on any atom is 0.243 e. The summed E-state index contributed by atoms with van der Waals surface area (Å²) < 4.78 is 27.0. The van der Waals surface area contributed by atoms with Crippen molar-refractivity contribution in [1.29, 1.82) is 0 Å². The summed E-state index contributed by atoms with van der Waals surface area (Å²) in [5.74, 6) is -0.298. The van der Waals surface area contributed by atoms with Gasteiger partial charge < -0.3 is 11.1 Å². The summed E-state index contributed by atoms with van der Waals surface area (Å²) in [4.78, 5) is 12.8. The molecule has 0 saturated carbocycles. The van der Waals surface area contributed by atoms with Gasteiger partial charge >= 0.3 is 0 Å². The maximum atomic E-state index is 12.8. The molecule has 26 heavy (non-hydrogen) atoms. The number of nitrogens with zero attached hydrogens (tertiary/aromatic N) is 1. The number of nitrogens with two attached hydrogens (primary N) is 1. The Balaban J connectivity index is 1.67. The number of sulfonamides is 1. The minimum absolute atomic E-state index is 0.209. The van der Waals surface area contributed by atoms with Gasteiger partial charge in [-0.1, -0.05) is 48.5 Å². The van der Waals surface area contributed by atoms with Crippen LogP contribution in [0, 0.1) is 0 Å². The van der Waals surface area contributed by atoms with E-state index in [0.29, 0.717) is 19.4 Å². The second kappa shape index (κ2) is 7.99. The molecule has 2 aromatic carbocycles. The zero-order valence-corrected chi connectivity index (χ0v) is 15.2. The summed E-state index contributed by atoms with van der Waals surface area (Å²) in [6.45, 7) is 0.610. The topological polar surface area (TPSA) is 92.5 Å². The fraction of sp³-hybridized carbons (Fsp3) is 0.316. The molecule has 3 N–H and O–H groups in total. The number of amides is 1. The zero-order chi connectivity index (χ0) is 18.6. The van der Waals surface area contributed by atoms with Gasteiger partial charge in [0.1, 0.15) is 6.04 Å². The molecular formula is C19H23N3O3S. The van der Waals surface area contributed by atoms with Crippen molar-refractivity contribution in [3.05, 3.63) is 66.2 Å². The highest BCUT2D eigenvalue weighted by Gasteiger charge is 2.39. The molecule has 7 heteroatoms. The molecule has 0 bridgehead atoms. The van der Waals surface area contributed by atoms with Crippen molar-refractivity contribution in [2.75, 3.05) is 13.1 Å². The van der Waals surface area contributed by atoms with Gasteiger partial charge in [-0.25, -0.2) is 8.42 Å². The highest BCUT2D eigenvalue weighted by molar-refractivity contribution is 7.89. The molecule has 0 aromatic heterocycles. The Labute approximate surface area is 154 Å². The highest BCUT2D eigenvalue weighted by Crippen LogP contribution is 2.26. The number of hydrogen-bond acceptors (Lipinski definition) is 4. The molecule has 2 aromatic rings. The van der Waals surface area contributed by atoms with Crippen molar-refractivity contribution in [3.63, 3.8) is 0 Å². The van der Waals surface area contributed by atoms with Crippen molar-refractivity contribution < 1.29 is 13.2 Å². The average molecular weight is 373 g/mol. The summed E-state index contributed by atoms with van der Waals surface area (Å²) in [5.41, 5.74) is 7.03. The van der Waals surface area contributed by atoms with Crippen molar-refractivity contribution in [1.82, 2.24) is 9.62 Å². The number of carbonyl (C=O) groups excluding carboxylic acids is 1. The monoisotopic (exact) mass is 373 g/mol. The van der Waals surface area contributed by atoms with Gasteiger partial charge in [0.05, 0.1) is 4.90 Å². The molecule has 1 fully saturated rings. The third-order valence-electron chi connectivity index (χ3n) is 4.58. The van der Waals surface area contributed by atoms with E-state index in [0.717, 1.165) is 5.56 Å². The van der Waals surface area contributed by atoms with Crippen LogP contribution in [0.4, 0.5) is 0 Å². The van der Waals surface area contributed by atoms with Crippen LogP contribution in [0.25, 0.3) is 0 Å². The van der Waals surface area contributed by atoms with Gasteiger partial charge in [-0.3, -0.25) is 4.79 Å². The van der Waals surface area contributed by atoms with Gasteiger partial charge in [0.15, 0.2) is 0 Å². The minimum atomic E-state index is -3.68. The first-order chi connectivity index (χ1) is 12.5. The van der Waals surface area contributed by atoms with Crippen LogP contribution in [0.1, 0.15) is 24.4 Å². The second-order valence-electron chi connectivity index (χ2n) is 6.35. The van der Waals surface area contributed by atoms with Crippen molar-refractivity contribution in [2.45, 2.75) is 29.8 Å². The lowest BCUT2D eigenvalue weighted by atomic mass is 10.1. The van der Waals surface area contributed by atoms with E-state index in [9.17, 15) is 13.2 Å². The Morgan fingerprint density at radius 3 is 2.38 bits per heavy atom. The van der Waals surface area contributed by atoms with Crippen LogP contribution in [0.5, 0.6) is 0 Å². The number of nitrogens with one attached hydrogen (secondary N) is 1. The van der Waals surface area contributed by atoms with E-state index in [1.54, 1.807) is 30.3 Å². The molecule has 0 aliphatic carbocycles. The molecule has 138 valence electrons. The molecular weight excluding hydrogens is 350 g/mol. The molecule has 1 aliphatic heterocycles. The van der Waals surface area contributed by atoms with E-state index in [1.165, 1.54) is 4.31 Å². The maximum absolute atomic E-state index is 12.8. The molecule has 0 spiro atoms. The van der Waals surface area contributed by atoms with E-state index in [2.05, 4.69) is 5.32 Å². The summed E-state index contributed by atoms with van der Waals surface area (Å²) in [6, 6.07) is 16.7. The Hall–Kier alpha value is -2.22. The van der Waals surface area contributed by atoms with E-state index >= 15 is 0 Å². The quantitative estimate of drug-likeness (QED) is 0.805. The Morgan fingerprint density at radius 1 is 1.12 bits per heavy atom. The highest BCUT2D eigenvalue weighted by atomic mass is 32.2. The number of hydrogen-bond donors (Lipinski definition) is 2. The molecule has 2 atom stereocenters. The minimum Gasteiger partial charge on any atom is -0.353 e. The fourth-order valence-corrected chi connectivity index (χ4v) is 4.84. The predicted octanol–water partition coefficient (Wildman–Crippen LogP) is 1.66. The molecule has 0 radical (unpaired) electrons. The normalized spacial score (nSPS) is 19.2. The molecule has 3 rings (SSSR count). The summed E-state index contributed by atoms with van der Waals surface area (Å²) in [7, 11) is -3.68. The molecule has 2 unspecified atom stereocenters.